The van der Waals surface area contributed by atoms with Gasteiger partial charge >= 0.3 is 5.97 Å². The van der Waals surface area contributed by atoms with Gasteiger partial charge in [-0.2, -0.15) is 0 Å². The van der Waals surface area contributed by atoms with Gasteiger partial charge in [0.2, 0.25) is 0 Å². The van der Waals surface area contributed by atoms with Gasteiger partial charge < -0.3 is 15.5 Å². The van der Waals surface area contributed by atoms with E-state index >= 15 is 0 Å². The number of nitrogens with one attached hydrogen (secondary N) is 1. The summed E-state index contributed by atoms with van der Waals surface area (Å²) in [6, 6.07) is 8.73. The molecule has 0 radical (unpaired) electrons. The number of aromatic hydroxyl groups is 1. The molecular formula is C16H14FNO3. The number of phenols is 1. The Kier molecular flexibility index (Phi) is 3.25. The molecule has 0 aliphatic heterocycles. The van der Waals surface area contributed by atoms with Crippen molar-refractivity contribution in [2.24, 2.45) is 0 Å². The van der Waals surface area contributed by atoms with Gasteiger partial charge in [-0.15, -0.1) is 0 Å². The number of carbonyl (C=O) groups is 1. The number of aryl methyl sites for hydroxylation is 1. The molecule has 0 fully saturated rings. The van der Waals surface area contributed by atoms with Crippen molar-refractivity contribution in [2.45, 2.75) is 18.9 Å². The van der Waals surface area contributed by atoms with E-state index in [0.29, 0.717) is 0 Å². The standard InChI is InChI=1S/C16H14FNO3/c17-13-5-1-10(16(20)21)8-15(13)18-14-6-2-9-7-11(19)3-4-12(9)14/h1,3-5,7-8,14,18-19H,2,6H2,(H,20,21). The van der Waals surface area contributed by atoms with Crippen LogP contribution in [0, 0.1) is 5.82 Å². The van der Waals surface area contributed by atoms with Gasteiger partial charge in [0.1, 0.15) is 11.6 Å². The number of phenolic OH excluding ortho intramolecular Hbond substituents is 1. The van der Waals surface area contributed by atoms with E-state index in [2.05, 4.69) is 5.32 Å². The SMILES string of the molecule is O=C(O)c1ccc(F)c(NC2CCc3cc(O)ccc32)c1. The molecule has 1 atom stereocenters. The molecule has 1 aliphatic carbocycles. The second-order valence-electron chi connectivity index (χ2n) is 5.12. The van der Waals surface area contributed by atoms with Crippen molar-refractivity contribution in [1.82, 2.24) is 0 Å². The van der Waals surface area contributed by atoms with E-state index in [-0.39, 0.29) is 23.0 Å². The molecule has 0 bridgehead atoms. The molecule has 0 saturated carbocycles. The third-order valence-electron chi connectivity index (χ3n) is 3.75. The lowest BCUT2D eigenvalue weighted by atomic mass is 10.1. The average molecular weight is 287 g/mol. The largest absolute Gasteiger partial charge is 0.508 e. The molecule has 0 amide bonds. The van der Waals surface area contributed by atoms with Crippen LogP contribution in [-0.4, -0.2) is 16.2 Å². The van der Waals surface area contributed by atoms with Gasteiger partial charge in [-0.25, -0.2) is 9.18 Å². The van der Waals surface area contributed by atoms with E-state index in [9.17, 15) is 14.3 Å². The highest BCUT2D eigenvalue weighted by Crippen LogP contribution is 2.36. The van der Waals surface area contributed by atoms with Gasteiger partial charge in [-0.3, -0.25) is 0 Å². The van der Waals surface area contributed by atoms with Crippen LogP contribution in [0.4, 0.5) is 10.1 Å². The van der Waals surface area contributed by atoms with Crippen molar-refractivity contribution in [1.29, 1.82) is 0 Å². The van der Waals surface area contributed by atoms with Crippen molar-refractivity contribution >= 4 is 11.7 Å². The first kappa shape index (κ1) is 13.4. The van der Waals surface area contributed by atoms with E-state index in [0.717, 1.165) is 30.0 Å². The van der Waals surface area contributed by atoms with Crippen molar-refractivity contribution in [3.63, 3.8) is 0 Å². The molecule has 0 saturated heterocycles. The molecule has 2 aromatic carbocycles. The Hall–Kier alpha value is -2.56. The molecule has 3 rings (SSSR count). The zero-order chi connectivity index (χ0) is 15.0. The highest BCUT2D eigenvalue weighted by molar-refractivity contribution is 5.88. The number of rotatable bonds is 3. The lowest BCUT2D eigenvalue weighted by Crippen LogP contribution is -2.09. The number of fused-ring (bicyclic) bond motifs is 1. The number of carboxylic acid groups (broad SMARTS) is 1. The molecule has 0 spiro atoms. The van der Waals surface area contributed by atoms with Crippen LogP contribution in [-0.2, 0) is 6.42 Å². The molecule has 108 valence electrons. The van der Waals surface area contributed by atoms with Crippen LogP contribution in [0.25, 0.3) is 0 Å². The zero-order valence-corrected chi connectivity index (χ0v) is 11.1. The Morgan fingerprint density at radius 1 is 1.24 bits per heavy atom. The third kappa shape index (κ3) is 2.54. The van der Waals surface area contributed by atoms with Gasteiger partial charge in [-0.1, -0.05) is 6.07 Å². The molecule has 21 heavy (non-hydrogen) atoms. The van der Waals surface area contributed by atoms with E-state index in [1.54, 1.807) is 12.1 Å². The summed E-state index contributed by atoms with van der Waals surface area (Å²) < 4.78 is 13.8. The highest BCUT2D eigenvalue weighted by atomic mass is 19.1. The summed E-state index contributed by atoms with van der Waals surface area (Å²) in [4.78, 5) is 11.0. The van der Waals surface area contributed by atoms with Crippen LogP contribution in [0.1, 0.15) is 33.9 Å². The van der Waals surface area contributed by atoms with Crippen LogP contribution < -0.4 is 5.32 Å². The fraction of sp³-hybridized carbons (Fsp3) is 0.188. The number of anilines is 1. The first-order valence-electron chi connectivity index (χ1n) is 6.66. The van der Waals surface area contributed by atoms with Crippen molar-refractivity contribution in [2.75, 3.05) is 5.32 Å². The number of hydrogen-bond donors (Lipinski definition) is 3. The number of halogens is 1. The normalized spacial score (nSPS) is 16.5. The Bertz CT molecular complexity index is 715. The van der Waals surface area contributed by atoms with Gasteiger partial charge in [0.05, 0.1) is 17.3 Å². The highest BCUT2D eigenvalue weighted by Gasteiger charge is 2.23. The molecule has 3 N–H and O–H groups in total. The zero-order valence-electron chi connectivity index (χ0n) is 11.1. The fourth-order valence-electron chi connectivity index (χ4n) is 2.71. The monoisotopic (exact) mass is 287 g/mol. The predicted octanol–water partition coefficient (Wildman–Crippen LogP) is 3.33. The second-order valence-corrected chi connectivity index (χ2v) is 5.12. The van der Waals surface area contributed by atoms with Gasteiger partial charge in [0.25, 0.3) is 0 Å². The van der Waals surface area contributed by atoms with E-state index in [4.69, 9.17) is 5.11 Å². The number of aromatic carboxylic acids is 1. The summed E-state index contributed by atoms with van der Waals surface area (Å²) in [7, 11) is 0. The maximum Gasteiger partial charge on any atom is 0.335 e. The molecule has 1 unspecified atom stereocenters. The number of benzene rings is 2. The lowest BCUT2D eigenvalue weighted by Gasteiger charge is -2.16. The molecule has 2 aromatic rings. The Morgan fingerprint density at radius 2 is 2.05 bits per heavy atom. The molecular weight excluding hydrogens is 273 g/mol. The number of carboxylic acids is 1. The van der Waals surface area contributed by atoms with E-state index in [1.807, 2.05) is 6.07 Å². The van der Waals surface area contributed by atoms with E-state index < -0.39 is 11.8 Å². The second kappa shape index (κ2) is 5.09. The molecule has 0 heterocycles. The van der Waals surface area contributed by atoms with Crippen LogP contribution >= 0.6 is 0 Å². The topological polar surface area (TPSA) is 69.6 Å². The molecule has 5 heteroatoms. The molecule has 1 aliphatic rings. The fourth-order valence-corrected chi connectivity index (χ4v) is 2.71. The third-order valence-corrected chi connectivity index (χ3v) is 3.75. The van der Waals surface area contributed by atoms with Crippen molar-refractivity contribution < 1.29 is 19.4 Å². The van der Waals surface area contributed by atoms with Gasteiger partial charge in [0, 0.05) is 0 Å². The molecule has 0 aromatic heterocycles. The lowest BCUT2D eigenvalue weighted by molar-refractivity contribution is 0.0697. The van der Waals surface area contributed by atoms with Crippen LogP contribution in [0.3, 0.4) is 0 Å². The predicted molar refractivity (Wildman–Crippen MR) is 76.2 cm³/mol. The Morgan fingerprint density at radius 3 is 2.81 bits per heavy atom. The first-order valence-corrected chi connectivity index (χ1v) is 6.66. The minimum Gasteiger partial charge on any atom is -0.508 e. The number of hydrogen-bond acceptors (Lipinski definition) is 3. The summed E-state index contributed by atoms with van der Waals surface area (Å²) in [5, 5.41) is 21.5. The Labute approximate surface area is 120 Å². The smallest absolute Gasteiger partial charge is 0.335 e. The van der Waals surface area contributed by atoms with Crippen LogP contribution in [0.2, 0.25) is 0 Å². The quantitative estimate of drug-likeness (QED) is 0.810. The minimum atomic E-state index is -1.09. The Balaban J connectivity index is 1.89. The molecule has 4 nitrogen and oxygen atoms in total. The van der Waals surface area contributed by atoms with Crippen LogP contribution in [0.5, 0.6) is 5.75 Å². The van der Waals surface area contributed by atoms with Gasteiger partial charge in [-0.05, 0) is 54.3 Å². The summed E-state index contributed by atoms with van der Waals surface area (Å²) >= 11 is 0. The van der Waals surface area contributed by atoms with Crippen molar-refractivity contribution in [3.8, 4) is 5.75 Å². The summed E-state index contributed by atoms with van der Waals surface area (Å²) in [6.07, 6.45) is 1.57. The summed E-state index contributed by atoms with van der Waals surface area (Å²) in [5.41, 5.74) is 2.26. The summed E-state index contributed by atoms with van der Waals surface area (Å²) in [5.74, 6) is -1.35. The van der Waals surface area contributed by atoms with Crippen molar-refractivity contribution in [3.05, 3.63) is 58.9 Å². The van der Waals surface area contributed by atoms with Crippen LogP contribution in [0.15, 0.2) is 36.4 Å². The minimum absolute atomic E-state index is 0.0443. The summed E-state index contributed by atoms with van der Waals surface area (Å²) in [6.45, 7) is 0. The van der Waals surface area contributed by atoms with Gasteiger partial charge in [0.15, 0.2) is 0 Å². The maximum atomic E-state index is 13.8. The average Bonchev–Trinajstić information content (AvgIpc) is 2.83. The van der Waals surface area contributed by atoms with E-state index in [1.165, 1.54) is 12.1 Å². The maximum absolute atomic E-state index is 13.8. The first-order chi connectivity index (χ1) is 10.0.